The van der Waals surface area contributed by atoms with Crippen LogP contribution in [0.3, 0.4) is 0 Å². The van der Waals surface area contributed by atoms with Gasteiger partial charge in [-0.3, -0.25) is 4.79 Å². The predicted octanol–water partition coefficient (Wildman–Crippen LogP) is 2.06. The van der Waals surface area contributed by atoms with E-state index in [1.165, 1.54) is 20.0 Å². The van der Waals surface area contributed by atoms with Crippen molar-refractivity contribution in [3.8, 4) is 0 Å². The molecule has 1 aliphatic carbocycles. The van der Waals surface area contributed by atoms with E-state index in [4.69, 9.17) is 4.74 Å². The second-order valence-corrected chi connectivity index (χ2v) is 6.02. The van der Waals surface area contributed by atoms with Crippen molar-refractivity contribution in [2.24, 2.45) is 5.41 Å². The molecule has 0 aliphatic heterocycles. The van der Waals surface area contributed by atoms with Gasteiger partial charge in [-0.15, -0.1) is 0 Å². The van der Waals surface area contributed by atoms with E-state index in [1.807, 2.05) is 11.8 Å². The molecule has 4 heteroatoms. The third kappa shape index (κ3) is 5.21. The van der Waals surface area contributed by atoms with Crippen LogP contribution < -0.4 is 5.32 Å². The van der Waals surface area contributed by atoms with Gasteiger partial charge in [0.1, 0.15) is 0 Å². The van der Waals surface area contributed by atoms with Crippen LogP contribution in [0.15, 0.2) is 0 Å². The summed E-state index contributed by atoms with van der Waals surface area (Å²) in [5, 5.41) is 3.39. The van der Waals surface area contributed by atoms with Crippen molar-refractivity contribution in [1.29, 1.82) is 0 Å². The van der Waals surface area contributed by atoms with Crippen LogP contribution in [0, 0.1) is 5.41 Å². The van der Waals surface area contributed by atoms with E-state index in [0.29, 0.717) is 12.5 Å². The highest BCUT2D eigenvalue weighted by Gasteiger charge is 2.44. The molecule has 0 aromatic carbocycles. The third-order valence-electron chi connectivity index (χ3n) is 2.91. The van der Waals surface area contributed by atoms with E-state index in [9.17, 15) is 4.79 Å². The first-order valence-corrected chi connectivity index (χ1v) is 7.11. The standard InChI is InChI=1S/C12H23NO2S/c1-10(2)13-6-7-16-9-12(4-5-12)8-11(14)15-3/h10,13H,4-9H2,1-3H3. The molecular formula is C12H23NO2S. The van der Waals surface area contributed by atoms with Gasteiger partial charge >= 0.3 is 5.97 Å². The highest BCUT2D eigenvalue weighted by atomic mass is 32.2. The van der Waals surface area contributed by atoms with Crippen LogP contribution in [-0.2, 0) is 9.53 Å². The fourth-order valence-corrected chi connectivity index (χ4v) is 2.87. The summed E-state index contributed by atoms with van der Waals surface area (Å²) < 4.78 is 4.72. The van der Waals surface area contributed by atoms with Crippen molar-refractivity contribution in [2.75, 3.05) is 25.2 Å². The topological polar surface area (TPSA) is 38.3 Å². The lowest BCUT2D eigenvalue weighted by Crippen LogP contribution is -2.25. The molecule has 0 heterocycles. The van der Waals surface area contributed by atoms with E-state index in [1.54, 1.807) is 0 Å². The van der Waals surface area contributed by atoms with E-state index in [2.05, 4.69) is 19.2 Å². The molecule has 3 nitrogen and oxygen atoms in total. The lowest BCUT2D eigenvalue weighted by atomic mass is 10.1. The van der Waals surface area contributed by atoms with Crippen LogP contribution in [0.2, 0.25) is 0 Å². The van der Waals surface area contributed by atoms with Gasteiger partial charge < -0.3 is 10.1 Å². The summed E-state index contributed by atoms with van der Waals surface area (Å²) in [7, 11) is 1.47. The molecular weight excluding hydrogens is 222 g/mol. The van der Waals surface area contributed by atoms with Gasteiger partial charge in [0.25, 0.3) is 0 Å². The molecule has 0 saturated heterocycles. The highest BCUT2D eigenvalue weighted by Crippen LogP contribution is 2.51. The van der Waals surface area contributed by atoms with Crippen molar-refractivity contribution >= 4 is 17.7 Å². The molecule has 1 saturated carbocycles. The Morgan fingerprint density at radius 2 is 2.19 bits per heavy atom. The van der Waals surface area contributed by atoms with E-state index < -0.39 is 0 Å². The average Bonchev–Trinajstić information content (AvgIpc) is 2.97. The van der Waals surface area contributed by atoms with Crippen LogP contribution in [0.5, 0.6) is 0 Å². The van der Waals surface area contributed by atoms with Crippen LogP contribution in [-0.4, -0.2) is 37.2 Å². The number of hydrogen-bond acceptors (Lipinski definition) is 4. The van der Waals surface area contributed by atoms with Gasteiger partial charge in [0, 0.05) is 18.3 Å². The molecule has 16 heavy (non-hydrogen) atoms. The summed E-state index contributed by atoms with van der Waals surface area (Å²) in [6.45, 7) is 5.37. The Balaban J connectivity index is 2.06. The maximum atomic E-state index is 11.2. The van der Waals surface area contributed by atoms with E-state index in [0.717, 1.165) is 18.1 Å². The summed E-state index contributed by atoms with van der Waals surface area (Å²) in [5.41, 5.74) is 0.273. The molecule has 0 atom stereocenters. The number of methoxy groups -OCH3 is 1. The first-order chi connectivity index (χ1) is 7.58. The van der Waals surface area contributed by atoms with Crippen molar-refractivity contribution < 1.29 is 9.53 Å². The predicted molar refractivity (Wildman–Crippen MR) is 68.8 cm³/mol. The molecule has 0 unspecified atom stereocenters. The number of hydrogen-bond donors (Lipinski definition) is 1. The van der Waals surface area contributed by atoms with Crippen molar-refractivity contribution in [3.05, 3.63) is 0 Å². The minimum absolute atomic E-state index is 0.0570. The largest absolute Gasteiger partial charge is 0.469 e. The molecule has 0 amide bonds. The molecule has 1 rings (SSSR count). The molecule has 0 aromatic heterocycles. The third-order valence-corrected chi connectivity index (χ3v) is 4.22. The SMILES string of the molecule is COC(=O)CC1(CSCCNC(C)C)CC1. The summed E-state index contributed by atoms with van der Waals surface area (Å²) in [5.74, 6) is 2.17. The Kier molecular flexibility index (Phi) is 5.62. The number of rotatable bonds is 8. The Hall–Kier alpha value is -0.220. The van der Waals surface area contributed by atoms with Crippen LogP contribution in [0.4, 0.5) is 0 Å². The maximum absolute atomic E-state index is 11.2. The van der Waals surface area contributed by atoms with Crippen LogP contribution in [0.1, 0.15) is 33.1 Å². The summed E-state index contributed by atoms with van der Waals surface area (Å²) in [6.07, 6.45) is 2.98. The fraction of sp³-hybridized carbons (Fsp3) is 0.917. The lowest BCUT2D eigenvalue weighted by molar-refractivity contribution is -0.141. The second kappa shape index (κ2) is 6.50. The first kappa shape index (κ1) is 13.8. The molecule has 1 N–H and O–H groups in total. The zero-order valence-corrected chi connectivity index (χ0v) is 11.4. The molecule has 0 aromatic rings. The maximum Gasteiger partial charge on any atom is 0.306 e. The summed E-state index contributed by atoms with van der Waals surface area (Å²) in [4.78, 5) is 11.2. The Bertz CT molecular complexity index is 227. The smallest absolute Gasteiger partial charge is 0.306 e. The number of nitrogens with one attached hydrogen (secondary N) is 1. The Morgan fingerprint density at radius 3 is 2.69 bits per heavy atom. The molecule has 1 aliphatic rings. The minimum atomic E-state index is -0.0570. The highest BCUT2D eigenvalue weighted by molar-refractivity contribution is 7.99. The Labute approximate surface area is 103 Å². The first-order valence-electron chi connectivity index (χ1n) is 5.96. The van der Waals surface area contributed by atoms with Gasteiger partial charge in [-0.25, -0.2) is 0 Å². The minimum Gasteiger partial charge on any atom is -0.469 e. The lowest BCUT2D eigenvalue weighted by Gasteiger charge is -2.13. The molecule has 0 bridgehead atoms. The van der Waals surface area contributed by atoms with Crippen molar-refractivity contribution in [2.45, 2.75) is 39.2 Å². The van der Waals surface area contributed by atoms with Gasteiger partial charge in [0.15, 0.2) is 0 Å². The van der Waals surface area contributed by atoms with Gasteiger partial charge in [-0.05, 0) is 24.0 Å². The van der Waals surface area contributed by atoms with Gasteiger partial charge in [-0.1, -0.05) is 13.8 Å². The number of ether oxygens (including phenoxy) is 1. The van der Waals surface area contributed by atoms with E-state index in [-0.39, 0.29) is 11.4 Å². The van der Waals surface area contributed by atoms with Gasteiger partial charge in [0.2, 0.25) is 0 Å². The monoisotopic (exact) mass is 245 g/mol. The molecule has 0 spiro atoms. The average molecular weight is 245 g/mol. The van der Waals surface area contributed by atoms with E-state index >= 15 is 0 Å². The number of carbonyl (C=O) groups excluding carboxylic acids is 1. The normalized spacial score (nSPS) is 17.5. The van der Waals surface area contributed by atoms with Gasteiger partial charge in [-0.2, -0.15) is 11.8 Å². The van der Waals surface area contributed by atoms with Crippen LogP contribution >= 0.6 is 11.8 Å². The zero-order valence-electron chi connectivity index (χ0n) is 10.5. The number of thioether (sulfide) groups is 1. The number of carbonyl (C=O) groups is 1. The molecule has 0 radical (unpaired) electrons. The quantitative estimate of drug-likeness (QED) is 0.525. The molecule has 1 fully saturated rings. The molecule has 94 valence electrons. The summed E-state index contributed by atoms with van der Waals surface area (Å²) in [6, 6.07) is 0.561. The van der Waals surface area contributed by atoms with Crippen molar-refractivity contribution in [3.63, 3.8) is 0 Å². The van der Waals surface area contributed by atoms with Gasteiger partial charge in [0.05, 0.1) is 13.5 Å². The van der Waals surface area contributed by atoms with Crippen LogP contribution in [0.25, 0.3) is 0 Å². The number of esters is 1. The zero-order chi connectivity index (χ0) is 12.0. The fourth-order valence-electron chi connectivity index (χ4n) is 1.64. The summed E-state index contributed by atoms with van der Waals surface area (Å²) >= 11 is 1.95. The second-order valence-electron chi connectivity index (χ2n) is 4.91. The Morgan fingerprint density at radius 1 is 1.50 bits per heavy atom. The van der Waals surface area contributed by atoms with Crippen molar-refractivity contribution in [1.82, 2.24) is 5.32 Å².